The van der Waals surface area contributed by atoms with Crippen LogP contribution in [0, 0.1) is 0 Å². The monoisotopic (exact) mass is 314 g/mol. The van der Waals surface area contributed by atoms with E-state index in [-0.39, 0.29) is 0 Å². The van der Waals surface area contributed by atoms with Gasteiger partial charge in [-0.2, -0.15) is 0 Å². The van der Waals surface area contributed by atoms with Crippen LogP contribution in [-0.2, 0) is 4.43 Å². The highest BCUT2D eigenvalue weighted by molar-refractivity contribution is 6.71. The molecule has 128 valence electrons. The lowest BCUT2D eigenvalue weighted by atomic mass is 10.0. The van der Waals surface area contributed by atoms with Gasteiger partial charge in [0.1, 0.15) is 0 Å². The van der Waals surface area contributed by atoms with E-state index in [1.54, 1.807) is 0 Å². The van der Waals surface area contributed by atoms with Crippen LogP contribution >= 0.6 is 0 Å². The van der Waals surface area contributed by atoms with E-state index in [1.807, 2.05) is 0 Å². The standard InChI is InChI=1S/C19H42OSi/c1-6-9-11-13-14-16-18-19(17-15-12-10-7-2)20-21(4,5)8-3/h19H,6-18H2,1-5H3. The predicted molar refractivity (Wildman–Crippen MR) is 99.6 cm³/mol. The summed E-state index contributed by atoms with van der Waals surface area (Å²) in [5.74, 6) is 0. The lowest BCUT2D eigenvalue weighted by molar-refractivity contribution is 0.163. The predicted octanol–water partition coefficient (Wildman–Crippen LogP) is 7.32. The van der Waals surface area contributed by atoms with Crippen molar-refractivity contribution in [3.63, 3.8) is 0 Å². The molecule has 0 N–H and O–H groups in total. The molecule has 0 saturated heterocycles. The Bertz CT molecular complexity index is 216. The highest BCUT2D eigenvalue weighted by Crippen LogP contribution is 2.21. The average molecular weight is 315 g/mol. The number of hydrogen-bond donors (Lipinski definition) is 0. The molecule has 0 aromatic carbocycles. The SMILES string of the molecule is CCCCCCCCC(CCCCCC)O[Si](C)(C)CC. The summed E-state index contributed by atoms with van der Waals surface area (Å²) in [7, 11) is -1.39. The molecule has 0 saturated carbocycles. The Hall–Kier alpha value is 0.177. The van der Waals surface area contributed by atoms with Gasteiger partial charge in [-0.25, -0.2) is 0 Å². The summed E-state index contributed by atoms with van der Waals surface area (Å²) < 4.78 is 6.53. The summed E-state index contributed by atoms with van der Waals surface area (Å²) in [5.41, 5.74) is 0. The third kappa shape index (κ3) is 13.6. The fourth-order valence-corrected chi connectivity index (χ4v) is 4.05. The third-order valence-electron chi connectivity index (χ3n) is 4.60. The molecule has 0 heterocycles. The minimum atomic E-state index is -1.39. The summed E-state index contributed by atoms with van der Waals surface area (Å²) in [6.07, 6.45) is 17.0. The molecule has 0 aromatic heterocycles. The lowest BCUT2D eigenvalue weighted by Gasteiger charge is -2.29. The third-order valence-corrected chi connectivity index (χ3v) is 7.27. The molecule has 2 heteroatoms. The molecule has 0 rings (SSSR count). The summed E-state index contributed by atoms with van der Waals surface area (Å²) >= 11 is 0. The summed E-state index contributed by atoms with van der Waals surface area (Å²) in [6.45, 7) is 11.6. The fourth-order valence-electron chi connectivity index (χ4n) is 2.75. The molecule has 0 bridgehead atoms. The molecule has 0 aliphatic carbocycles. The molecule has 0 fully saturated rings. The van der Waals surface area contributed by atoms with Crippen molar-refractivity contribution in [2.75, 3.05) is 0 Å². The van der Waals surface area contributed by atoms with E-state index in [0.29, 0.717) is 6.10 Å². The van der Waals surface area contributed by atoms with Gasteiger partial charge in [-0.1, -0.05) is 85.0 Å². The van der Waals surface area contributed by atoms with Crippen LogP contribution in [0.25, 0.3) is 0 Å². The smallest absolute Gasteiger partial charge is 0.186 e. The van der Waals surface area contributed by atoms with Gasteiger partial charge in [0, 0.05) is 6.10 Å². The molecule has 0 aliphatic rings. The Morgan fingerprint density at radius 1 is 0.667 bits per heavy atom. The van der Waals surface area contributed by atoms with Gasteiger partial charge in [0.05, 0.1) is 0 Å². The Morgan fingerprint density at radius 3 is 1.57 bits per heavy atom. The molecule has 21 heavy (non-hydrogen) atoms. The van der Waals surface area contributed by atoms with Gasteiger partial charge in [0.15, 0.2) is 8.32 Å². The minimum Gasteiger partial charge on any atom is -0.414 e. The quantitative estimate of drug-likeness (QED) is 0.227. The van der Waals surface area contributed by atoms with Crippen molar-refractivity contribution in [3.8, 4) is 0 Å². The van der Waals surface area contributed by atoms with E-state index in [1.165, 1.54) is 83.1 Å². The normalized spacial score (nSPS) is 13.6. The highest BCUT2D eigenvalue weighted by atomic mass is 28.4. The van der Waals surface area contributed by atoms with Crippen LogP contribution in [0.3, 0.4) is 0 Å². The minimum absolute atomic E-state index is 0.551. The van der Waals surface area contributed by atoms with Crippen LogP contribution in [0.5, 0.6) is 0 Å². The van der Waals surface area contributed by atoms with Crippen molar-refractivity contribution >= 4 is 8.32 Å². The van der Waals surface area contributed by atoms with Crippen LogP contribution < -0.4 is 0 Å². The molecule has 0 spiro atoms. The first-order valence-electron chi connectivity index (χ1n) is 9.73. The molecular formula is C19H42OSi. The van der Waals surface area contributed by atoms with Gasteiger partial charge in [0.2, 0.25) is 0 Å². The zero-order chi connectivity index (χ0) is 16.0. The van der Waals surface area contributed by atoms with Crippen molar-refractivity contribution in [2.45, 2.75) is 123 Å². The molecule has 0 amide bonds. The molecule has 1 atom stereocenters. The van der Waals surface area contributed by atoms with Gasteiger partial charge < -0.3 is 4.43 Å². The molecule has 1 nitrogen and oxygen atoms in total. The Morgan fingerprint density at radius 2 is 1.10 bits per heavy atom. The first-order valence-corrected chi connectivity index (χ1v) is 12.8. The second kappa shape index (κ2) is 13.8. The number of unbranched alkanes of at least 4 members (excludes halogenated alkanes) is 8. The van der Waals surface area contributed by atoms with Crippen LogP contribution in [0.2, 0.25) is 19.1 Å². The highest BCUT2D eigenvalue weighted by Gasteiger charge is 2.24. The fraction of sp³-hybridized carbons (Fsp3) is 1.00. The molecule has 0 aliphatic heterocycles. The molecule has 0 radical (unpaired) electrons. The van der Waals surface area contributed by atoms with E-state index in [9.17, 15) is 0 Å². The van der Waals surface area contributed by atoms with Gasteiger partial charge in [-0.05, 0) is 32.0 Å². The Labute approximate surface area is 136 Å². The van der Waals surface area contributed by atoms with Crippen molar-refractivity contribution in [2.24, 2.45) is 0 Å². The van der Waals surface area contributed by atoms with Crippen LogP contribution in [0.4, 0.5) is 0 Å². The van der Waals surface area contributed by atoms with Crippen LogP contribution in [0.1, 0.15) is 97.8 Å². The van der Waals surface area contributed by atoms with Gasteiger partial charge >= 0.3 is 0 Å². The molecular weight excluding hydrogens is 272 g/mol. The average Bonchev–Trinajstić information content (AvgIpc) is 2.46. The van der Waals surface area contributed by atoms with Gasteiger partial charge in [0.25, 0.3) is 0 Å². The number of hydrogen-bond acceptors (Lipinski definition) is 1. The van der Waals surface area contributed by atoms with Crippen molar-refractivity contribution in [1.29, 1.82) is 0 Å². The van der Waals surface area contributed by atoms with Gasteiger partial charge in [-0.3, -0.25) is 0 Å². The number of rotatable bonds is 15. The van der Waals surface area contributed by atoms with Gasteiger partial charge in [-0.15, -0.1) is 0 Å². The van der Waals surface area contributed by atoms with E-state index in [4.69, 9.17) is 4.43 Å². The van der Waals surface area contributed by atoms with E-state index in [0.717, 1.165) is 0 Å². The zero-order valence-electron chi connectivity index (χ0n) is 15.7. The van der Waals surface area contributed by atoms with Crippen molar-refractivity contribution in [1.82, 2.24) is 0 Å². The lowest BCUT2D eigenvalue weighted by Crippen LogP contribution is -2.34. The molecule has 1 unspecified atom stereocenters. The largest absolute Gasteiger partial charge is 0.414 e. The topological polar surface area (TPSA) is 9.23 Å². The summed E-state index contributed by atoms with van der Waals surface area (Å²) in [4.78, 5) is 0. The van der Waals surface area contributed by atoms with Crippen molar-refractivity contribution in [3.05, 3.63) is 0 Å². The van der Waals surface area contributed by atoms with Crippen molar-refractivity contribution < 1.29 is 4.43 Å². The summed E-state index contributed by atoms with van der Waals surface area (Å²) in [5, 5.41) is 0. The van der Waals surface area contributed by atoms with Crippen LogP contribution in [0.15, 0.2) is 0 Å². The maximum absolute atomic E-state index is 6.53. The second-order valence-corrected chi connectivity index (χ2v) is 11.7. The van der Waals surface area contributed by atoms with E-state index >= 15 is 0 Å². The van der Waals surface area contributed by atoms with E-state index < -0.39 is 8.32 Å². The summed E-state index contributed by atoms with van der Waals surface area (Å²) in [6, 6.07) is 1.25. The van der Waals surface area contributed by atoms with E-state index in [2.05, 4.69) is 33.9 Å². The maximum atomic E-state index is 6.53. The first-order chi connectivity index (χ1) is 10.1. The zero-order valence-corrected chi connectivity index (χ0v) is 16.7. The molecule has 0 aromatic rings. The second-order valence-electron chi connectivity index (χ2n) is 7.26. The Balaban J connectivity index is 3.94. The first kappa shape index (κ1) is 21.2. The van der Waals surface area contributed by atoms with Crippen LogP contribution in [-0.4, -0.2) is 14.4 Å². The maximum Gasteiger partial charge on any atom is 0.186 e. The Kier molecular flexibility index (Phi) is 13.9.